The van der Waals surface area contributed by atoms with Gasteiger partial charge in [0.25, 0.3) is 17.7 Å². The monoisotopic (exact) mass is 525 g/mol. The summed E-state index contributed by atoms with van der Waals surface area (Å²) in [6.07, 6.45) is 2.89. The van der Waals surface area contributed by atoms with Crippen molar-refractivity contribution in [1.29, 1.82) is 0 Å². The highest BCUT2D eigenvalue weighted by molar-refractivity contribution is 7.09. The van der Waals surface area contributed by atoms with Gasteiger partial charge in [0.15, 0.2) is 11.5 Å². The van der Waals surface area contributed by atoms with Crippen molar-refractivity contribution in [1.82, 2.24) is 25.7 Å². The zero-order valence-corrected chi connectivity index (χ0v) is 21.5. The molecule has 11 nitrogen and oxygen atoms in total. The molecule has 194 valence electrons. The number of rotatable bonds is 7. The second kappa shape index (κ2) is 11.7. The van der Waals surface area contributed by atoms with E-state index >= 15 is 0 Å². The summed E-state index contributed by atoms with van der Waals surface area (Å²) < 4.78 is 16.2. The minimum atomic E-state index is -0.521. The molecule has 2 aromatic heterocycles. The summed E-state index contributed by atoms with van der Waals surface area (Å²) in [5, 5.41) is 2.47. The Bertz CT molecular complexity index is 1270. The Hall–Kier alpha value is -4.19. The predicted molar refractivity (Wildman–Crippen MR) is 135 cm³/mol. The van der Waals surface area contributed by atoms with Crippen LogP contribution in [0.5, 0.6) is 17.2 Å². The molecule has 3 heterocycles. The molecular weight excluding hydrogens is 498 g/mol. The first kappa shape index (κ1) is 25.9. The van der Waals surface area contributed by atoms with Gasteiger partial charge in [-0.1, -0.05) is 6.07 Å². The molecule has 3 amide bonds. The Morgan fingerprint density at radius 3 is 2.24 bits per heavy atom. The van der Waals surface area contributed by atoms with E-state index in [-0.39, 0.29) is 23.2 Å². The SMILES string of the molecule is COc1ccc(C(=O)N2CCC(c3nc(C(=O)NNC(=O)c4ccccn4)cs3)CC2)c(OC)c1OC. The second-order valence-corrected chi connectivity index (χ2v) is 9.03. The number of hydrazine groups is 1. The molecule has 1 fully saturated rings. The number of methoxy groups -OCH3 is 3. The molecule has 0 spiro atoms. The number of ether oxygens (including phenoxy) is 3. The molecule has 1 aliphatic rings. The molecule has 0 bridgehead atoms. The van der Waals surface area contributed by atoms with Crippen molar-refractivity contribution in [3.8, 4) is 17.2 Å². The fourth-order valence-electron chi connectivity index (χ4n) is 4.09. The Morgan fingerprint density at radius 2 is 1.62 bits per heavy atom. The van der Waals surface area contributed by atoms with Crippen LogP contribution in [0.15, 0.2) is 41.9 Å². The van der Waals surface area contributed by atoms with Crippen LogP contribution in [0.2, 0.25) is 0 Å². The number of carbonyl (C=O) groups excluding carboxylic acids is 3. The minimum absolute atomic E-state index is 0.117. The van der Waals surface area contributed by atoms with Crippen LogP contribution in [0.1, 0.15) is 55.1 Å². The van der Waals surface area contributed by atoms with Crippen LogP contribution in [0.25, 0.3) is 0 Å². The van der Waals surface area contributed by atoms with Gasteiger partial charge in [-0.15, -0.1) is 11.3 Å². The third kappa shape index (κ3) is 5.64. The lowest BCUT2D eigenvalue weighted by molar-refractivity contribution is 0.0708. The van der Waals surface area contributed by atoms with Gasteiger partial charge in [-0.2, -0.15) is 0 Å². The summed E-state index contributed by atoms with van der Waals surface area (Å²) in [6.45, 7) is 1.06. The third-order valence-corrected chi connectivity index (χ3v) is 7.01. The van der Waals surface area contributed by atoms with Gasteiger partial charge in [-0.05, 0) is 37.1 Å². The van der Waals surface area contributed by atoms with Gasteiger partial charge >= 0.3 is 0 Å². The fraction of sp³-hybridized carbons (Fsp3) is 0.320. The van der Waals surface area contributed by atoms with Gasteiger partial charge in [0.05, 0.1) is 31.9 Å². The quantitative estimate of drug-likeness (QED) is 0.450. The average Bonchev–Trinajstić information content (AvgIpc) is 3.45. The summed E-state index contributed by atoms with van der Waals surface area (Å²) in [7, 11) is 4.51. The maximum atomic E-state index is 13.3. The van der Waals surface area contributed by atoms with E-state index in [0.717, 1.165) is 5.01 Å². The van der Waals surface area contributed by atoms with Crippen LogP contribution in [0.4, 0.5) is 0 Å². The van der Waals surface area contributed by atoms with Crippen molar-refractivity contribution in [3.05, 3.63) is 63.9 Å². The Kier molecular flexibility index (Phi) is 8.18. The number of carbonyl (C=O) groups is 3. The molecule has 0 saturated carbocycles. The fourth-order valence-corrected chi connectivity index (χ4v) is 5.06. The van der Waals surface area contributed by atoms with Gasteiger partial charge in [0, 0.05) is 30.6 Å². The number of benzene rings is 1. The van der Waals surface area contributed by atoms with E-state index in [0.29, 0.717) is 48.7 Å². The van der Waals surface area contributed by atoms with Crippen LogP contribution < -0.4 is 25.1 Å². The van der Waals surface area contributed by atoms with E-state index in [4.69, 9.17) is 14.2 Å². The van der Waals surface area contributed by atoms with Crippen molar-refractivity contribution in [2.45, 2.75) is 18.8 Å². The van der Waals surface area contributed by atoms with E-state index in [1.165, 1.54) is 38.9 Å². The summed E-state index contributed by atoms with van der Waals surface area (Å²) >= 11 is 1.39. The topological polar surface area (TPSA) is 132 Å². The predicted octanol–water partition coefficient (Wildman–Crippen LogP) is 2.66. The number of nitrogens with zero attached hydrogens (tertiary/aromatic N) is 3. The van der Waals surface area contributed by atoms with Crippen LogP contribution in [0.3, 0.4) is 0 Å². The number of hydrogen-bond donors (Lipinski definition) is 2. The minimum Gasteiger partial charge on any atom is -0.493 e. The molecular formula is C25H27N5O6S. The number of amides is 3. The molecule has 1 saturated heterocycles. The molecule has 4 rings (SSSR count). The average molecular weight is 526 g/mol. The van der Waals surface area contributed by atoms with E-state index in [1.54, 1.807) is 40.6 Å². The number of likely N-dealkylation sites (tertiary alicyclic amines) is 1. The first-order valence-corrected chi connectivity index (χ1v) is 12.4. The number of piperidine rings is 1. The molecule has 12 heteroatoms. The highest BCUT2D eigenvalue weighted by Crippen LogP contribution is 2.40. The lowest BCUT2D eigenvalue weighted by Gasteiger charge is -2.31. The molecule has 0 radical (unpaired) electrons. The number of nitrogens with one attached hydrogen (secondary N) is 2. The molecule has 0 atom stereocenters. The van der Waals surface area contributed by atoms with Gasteiger partial charge in [0.1, 0.15) is 11.4 Å². The van der Waals surface area contributed by atoms with E-state index in [2.05, 4.69) is 20.8 Å². The molecule has 0 unspecified atom stereocenters. The largest absolute Gasteiger partial charge is 0.493 e. The molecule has 2 N–H and O–H groups in total. The van der Waals surface area contributed by atoms with E-state index in [9.17, 15) is 14.4 Å². The van der Waals surface area contributed by atoms with Gasteiger partial charge in [-0.25, -0.2) is 4.98 Å². The number of aromatic nitrogens is 2. The van der Waals surface area contributed by atoms with E-state index < -0.39 is 11.8 Å². The van der Waals surface area contributed by atoms with Crippen LogP contribution >= 0.6 is 11.3 Å². The lowest BCUT2D eigenvalue weighted by atomic mass is 9.97. The zero-order chi connectivity index (χ0) is 26.4. The summed E-state index contributed by atoms with van der Waals surface area (Å²) in [5.41, 5.74) is 5.51. The smallest absolute Gasteiger partial charge is 0.289 e. The Balaban J connectivity index is 1.35. The Morgan fingerprint density at radius 1 is 0.919 bits per heavy atom. The third-order valence-electron chi connectivity index (χ3n) is 6.01. The van der Waals surface area contributed by atoms with Crippen molar-refractivity contribution >= 4 is 29.1 Å². The van der Waals surface area contributed by atoms with E-state index in [1.807, 2.05) is 0 Å². The number of hydrogen-bond acceptors (Lipinski definition) is 9. The summed E-state index contributed by atoms with van der Waals surface area (Å²) in [6, 6.07) is 8.27. The standard InChI is InChI=1S/C25H27N5O6S/c1-34-19-8-7-16(20(35-2)21(19)36-3)25(33)30-12-9-15(10-13-30)24-27-18(14-37-24)23(32)29-28-22(31)17-6-4-5-11-26-17/h4-8,11,14-15H,9-10,12-13H2,1-3H3,(H,28,31)(H,29,32). The van der Waals surface area contributed by atoms with Crippen molar-refractivity contribution in [2.24, 2.45) is 0 Å². The van der Waals surface area contributed by atoms with Gasteiger partial charge in [0.2, 0.25) is 5.75 Å². The zero-order valence-electron chi connectivity index (χ0n) is 20.6. The molecule has 1 aromatic carbocycles. The highest BCUT2D eigenvalue weighted by atomic mass is 32.1. The van der Waals surface area contributed by atoms with Crippen LogP contribution in [0, 0.1) is 0 Å². The maximum Gasteiger partial charge on any atom is 0.289 e. The summed E-state index contributed by atoms with van der Waals surface area (Å²) in [5.74, 6) is 0.113. The first-order chi connectivity index (χ1) is 18.0. The van der Waals surface area contributed by atoms with Crippen molar-refractivity contribution in [3.63, 3.8) is 0 Å². The first-order valence-electron chi connectivity index (χ1n) is 11.5. The van der Waals surface area contributed by atoms with Crippen LogP contribution in [-0.4, -0.2) is 67.0 Å². The molecule has 0 aliphatic carbocycles. The second-order valence-electron chi connectivity index (χ2n) is 8.14. The number of thiazole rings is 1. The molecule has 37 heavy (non-hydrogen) atoms. The summed E-state index contributed by atoms with van der Waals surface area (Å²) in [4.78, 5) is 47.9. The van der Waals surface area contributed by atoms with Crippen LogP contribution in [-0.2, 0) is 0 Å². The van der Waals surface area contributed by atoms with Crippen molar-refractivity contribution < 1.29 is 28.6 Å². The van der Waals surface area contributed by atoms with Gasteiger partial charge < -0.3 is 19.1 Å². The molecule has 3 aromatic rings. The number of pyridine rings is 1. The lowest BCUT2D eigenvalue weighted by Crippen LogP contribution is -2.42. The van der Waals surface area contributed by atoms with Crippen molar-refractivity contribution in [2.75, 3.05) is 34.4 Å². The molecule has 1 aliphatic heterocycles. The van der Waals surface area contributed by atoms with Gasteiger partial charge in [-0.3, -0.25) is 30.2 Å². The highest BCUT2D eigenvalue weighted by Gasteiger charge is 2.30. The Labute approximate surface area is 217 Å². The maximum absolute atomic E-state index is 13.3. The normalized spacial score (nSPS) is 13.5.